The average molecular weight is 208 g/mol. The minimum Gasteiger partial charge on any atom is -0.370 e. The summed E-state index contributed by atoms with van der Waals surface area (Å²) >= 11 is 0. The molecule has 0 unspecified atom stereocenters. The molecule has 1 aliphatic heterocycles. The third kappa shape index (κ3) is 3.32. The Morgan fingerprint density at radius 3 is 2.50 bits per heavy atom. The van der Waals surface area contributed by atoms with Gasteiger partial charge in [-0.2, -0.15) is 0 Å². The normalized spacial score (nSPS) is 20.8. The summed E-state index contributed by atoms with van der Waals surface area (Å²) < 4.78 is 5.69. The highest BCUT2D eigenvalue weighted by molar-refractivity contribution is 6.83. The van der Waals surface area contributed by atoms with Crippen LogP contribution in [0.3, 0.4) is 0 Å². The van der Waals surface area contributed by atoms with Crippen molar-refractivity contribution in [1.29, 1.82) is 0 Å². The Hall–Kier alpha value is -0.523. The number of hydrogen-bond acceptors (Lipinski definition) is 1. The molecule has 0 saturated carbocycles. The summed E-state index contributed by atoms with van der Waals surface area (Å²) in [5.74, 6) is 3.30. The van der Waals surface area contributed by atoms with E-state index in [0.717, 1.165) is 18.6 Å². The van der Waals surface area contributed by atoms with E-state index in [-0.39, 0.29) is 5.60 Å². The van der Waals surface area contributed by atoms with E-state index in [1.54, 1.807) is 0 Å². The van der Waals surface area contributed by atoms with E-state index >= 15 is 0 Å². The maximum atomic E-state index is 5.69. The lowest BCUT2D eigenvalue weighted by Crippen LogP contribution is -2.30. The van der Waals surface area contributed by atoms with Gasteiger partial charge < -0.3 is 4.74 Å². The molecule has 0 spiro atoms. The van der Waals surface area contributed by atoms with Crippen LogP contribution < -0.4 is 0 Å². The van der Waals surface area contributed by atoms with Crippen molar-refractivity contribution in [3.8, 4) is 11.5 Å². The zero-order valence-electron chi connectivity index (χ0n) is 9.90. The average Bonchev–Trinajstić information content (AvgIpc) is 2.00. The SMILES string of the molecule is CC1(C)OCCC=C1C#C[Si](C)(C)C. The Kier molecular flexibility index (Phi) is 3.23. The summed E-state index contributed by atoms with van der Waals surface area (Å²) in [7, 11) is -1.26. The fourth-order valence-electron chi connectivity index (χ4n) is 1.30. The molecular weight excluding hydrogens is 188 g/mol. The molecule has 0 amide bonds. The van der Waals surface area contributed by atoms with E-state index in [0.29, 0.717) is 0 Å². The monoisotopic (exact) mass is 208 g/mol. The van der Waals surface area contributed by atoms with Crippen LogP contribution in [0.4, 0.5) is 0 Å². The van der Waals surface area contributed by atoms with Gasteiger partial charge in [0.1, 0.15) is 8.07 Å². The highest BCUT2D eigenvalue weighted by atomic mass is 28.3. The van der Waals surface area contributed by atoms with Crippen LogP contribution >= 0.6 is 0 Å². The molecule has 0 atom stereocenters. The van der Waals surface area contributed by atoms with Gasteiger partial charge in [0.05, 0.1) is 12.2 Å². The summed E-state index contributed by atoms with van der Waals surface area (Å²) in [6.07, 6.45) is 3.22. The molecule has 1 nitrogen and oxygen atoms in total. The predicted molar refractivity (Wildman–Crippen MR) is 63.9 cm³/mol. The molecule has 0 N–H and O–H groups in total. The van der Waals surface area contributed by atoms with E-state index in [2.05, 4.69) is 51.0 Å². The van der Waals surface area contributed by atoms with Gasteiger partial charge in [0.2, 0.25) is 0 Å². The molecule has 0 aromatic carbocycles. The molecule has 14 heavy (non-hydrogen) atoms. The first-order valence-corrected chi connectivity index (χ1v) is 8.69. The standard InChI is InChI=1S/C12H20OSi/c1-12(2)11(7-6-9-13-12)8-10-14(3,4)5/h7H,6,9H2,1-5H3. The van der Waals surface area contributed by atoms with Crippen LogP contribution in [0.15, 0.2) is 11.6 Å². The van der Waals surface area contributed by atoms with E-state index in [9.17, 15) is 0 Å². The number of hydrogen-bond donors (Lipinski definition) is 0. The smallest absolute Gasteiger partial charge is 0.129 e. The Balaban J connectivity index is 2.86. The summed E-state index contributed by atoms with van der Waals surface area (Å²) in [6, 6.07) is 0. The van der Waals surface area contributed by atoms with Crippen molar-refractivity contribution in [1.82, 2.24) is 0 Å². The van der Waals surface area contributed by atoms with Gasteiger partial charge in [0, 0.05) is 5.57 Å². The minimum atomic E-state index is -1.26. The van der Waals surface area contributed by atoms with Crippen LogP contribution in [0.1, 0.15) is 20.3 Å². The van der Waals surface area contributed by atoms with Crippen molar-refractivity contribution in [2.24, 2.45) is 0 Å². The second-order valence-electron chi connectivity index (χ2n) is 5.27. The molecule has 0 bridgehead atoms. The van der Waals surface area contributed by atoms with Crippen molar-refractivity contribution in [2.75, 3.05) is 6.61 Å². The molecule has 0 saturated heterocycles. The van der Waals surface area contributed by atoms with Crippen molar-refractivity contribution >= 4 is 8.07 Å². The van der Waals surface area contributed by atoms with E-state index in [4.69, 9.17) is 4.74 Å². The lowest BCUT2D eigenvalue weighted by atomic mass is 9.95. The zero-order chi connectivity index (χ0) is 10.8. The maximum Gasteiger partial charge on any atom is 0.129 e. The third-order valence-electron chi connectivity index (χ3n) is 2.15. The van der Waals surface area contributed by atoms with Gasteiger partial charge in [-0.15, -0.1) is 5.54 Å². The quantitative estimate of drug-likeness (QED) is 0.439. The summed E-state index contributed by atoms with van der Waals surface area (Å²) in [5.41, 5.74) is 4.37. The molecule has 78 valence electrons. The van der Waals surface area contributed by atoms with Crippen LogP contribution in [0.2, 0.25) is 19.6 Å². The Labute approximate surface area is 88.6 Å². The summed E-state index contributed by atoms with van der Waals surface area (Å²) in [4.78, 5) is 0. The molecule has 0 aromatic heterocycles. The van der Waals surface area contributed by atoms with Gasteiger partial charge in [0.25, 0.3) is 0 Å². The van der Waals surface area contributed by atoms with E-state index in [1.807, 2.05) is 0 Å². The summed E-state index contributed by atoms with van der Waals surface area (Å²) in [5, 5.41) is 0. The molecule has 0 radical (unpaired) electrons. The second-order valence-corrected chi connectivity index (χ2v) is 10.0. The largest absolute Gasteiger partial charge is 0.370 e. The Bertz CT molecular complexity index is 297. The van der Waals surface area contributed by atoms with Crippen LogP contribution in [-0.2, 0) is 4.74 Å². The molecule has 0 aliphatic carbocycles. The molecule has 1 heterocycles. The first-order valence-electron chi connectivity index (χ1n) is 5.19. The topological polar surface area (TPSA) is 9.23 Å². The van der Waals surface area contributed by atoms with Crippen molar-refractivity contribution < 1.29 is 4.74 Å². The highest BCUT2D eigenvalue weighted by Crippen LogP contribution is 2.24. The predicted octanol–water partition coefficient (Wildman–Crippen LogP) is 2.99. The molecule has 1 aliphatic rings. The Morgan fingerprint density at radius 2 is 2.00 bits per heavy atom. The van der Waals surface area contributed by atoms with Crippen LogP contribution in [0.25, 0.3) is 0 Å². The number of ether oxygens (including phenoxy) is 1. The fourth-order valence-corrected chi connectivity index (χ4v) is 1.81. The van der Waals surface area contributed by atoms with Crippen molar-refractivity contribution in [2.45, 2.75) is 45.5 Å². The first kappa shape index (κ1) is 11.6. The van der Waals surface area contributed by atoms with Crippen molar-refractivity contribution in [3.63, 3.8) is 0 Å². The molecule has 2 heteroatoms. The molecular formula is C12H20OSi. The molecule has 0 fully saturated rings. The lowest BCUT2D eigenvalue weighted by Gasteiger charge is -2.29. The Morgan fingerprint density at radius 1 is 1.36 bits per heavy atom. The lowest BCUT2D eigenvalue weighted by molar-refractivity contribution is 0.00777. The van der Waals surface area contributed by atoms with Gasteiger partial charge in [-0.3, -0.25) is 0 Å². The fraction of sp³-hybridized carbons (Fsp3) is 0.667. The van der Waals surface area contributed by atoms with E-state index < -0.39 is 8.07 Å². The van der Waals surface area contributed by atoms with Crippen LogP contribution in [-0.4, -0.2) is 20.3 Å². The van der Waals surface area contributed by atoms with E-state index in [1.165, 1.54) is 0 Å². The molecule has 0 aromatic rings. The van der Waals surface area contributed by atoms with Gasteiger partial charge in [-0.05, 0) is 20.3 Å². The van der Waals surface area contributed by atoms with Gasteiger partial charge in [0.15, 0.2) is 0 Å². The number of rotatable bonds is 0. The van der Waals surface area contributed by atoms with Crippen molar-refractivity contribution in [3.05, 3.63) is 11.6 Å². The van der Waals surface area contributed by atoms with Gasteiger partial charge in [-0.1, -0.05) is 31.6 Å². The summed E-state index contributed by atoms with van der Waals surface area (Å²) in [6.45, 7) is 11.8. The highest BCUT2D eigenvalue weighted by Gasteiger charge is 2.25. The third-order valence-corrected chi connectivity index (χ3v) is 3.03. The second kappa shape index (κ2) is 3.92. The maximum absolute atomic E-state index is 5.69. The van der Waals surface area contributed by atoms with Gasteiger partial charge >= 0.3 is 0 Å². The van der Waals surface area contributed by atoms with Gasteiger partial charge in [-0.25, -0.2) is 0 Å². The zero-order valence-corrected chi connectivity index (χ0v) is 10.9. The minimum absolute atomic E-state index is 0.176. The van der Waals surface area contributed by atoms with Crippen LogP contribution in [0, 0.1) is 11.5 Å². The van der Waals surface area contributed by atoms with Crippen LogP contribution in [0.5, 0.6) is 0 Å². The molecule has 1 rings (SSSR count). The first-order chi connectivity index (χ1) is 6.31.